The number of nitrogens with one attached hydrogen (secondary N) is 3. The molecule has 1 aliphatic rings. The highest BCUT2D eigenvalue weighted by Gasteiger charge is 2.50. The van der Waals surface area contributed by atoms with E-state index in [9.17, 15) is 14.4 Å². The van der Waals surface area contributed by atoms with Crippen molar-refractivity contribution in [2.45, 2.75) is 52.1 Å². The average molecular weight is 285 g/mol. The third kappa shape index (κ3) is 4.71. The lowest BCUT2D eigenvalue weighted by atomic mass is 10.1. The third-order valence-electron chi connectivity index (χ3n) is 3.13. The van der Waals surface area contributed by atoms with Crippen molar-refractivity contribution < 1.29 is 19.5 Å². The van der Waals surface area contributed by atoms with Gasteiger partial charge in [-0.05, 0) is 40.5 Å². The second-order valence-corrected chi connectivity index (χ2v) is 6.37. The summed E-state index contributed by atoms with van der Waals surface area (Å²) in [5.74, 6) is -1.18. The van der Waals surface area contributed by atoms with E-state index in [-0.39, 0.29) is 18.0 Å². The van der Waals surface area contributed by atoms with Crippen molar-refractivity contribution in [3.63, 3.8) is 0 Å². The van der Waals surface area contributed by atoms with Crippen LogP contribution in [0.25, 0.3) is 0 Å². The number of carboxylic acid groups (broad SMARTS) is 1. The summed E-state index contributed by atoms with van der Waals surface area (Å²) in [5, 5.41) is 16.7. The lowest BCUT2D eigenvalue weighted by Crippen LogP contribution is -2.53. The van der Waals surface area contributed by atoms with Crippen molar-refractivity contribution in [1.82, 2.24) is 16.0 Å². The number of hydrogen-bond donors (Lipinski definition) is 4. The third-order valence-corrected chi connectivity index (χ3v) is 3.13. The van der Waals surface area contributed by atoms with Crippen LogP contribution in [0.2, 0.25) is 0 Å². The van der Waals surface area contributed by atoms with Gasteiger partial charge in [0.1, 0.15) is 6.04 Å². The molecule has 0 saturated heterocycles. The molecule has 0 aliphatic heterocycles. The van der Waals surface area contributed by atoms with Crippen molar-refractivity contribution in [3.05, 3.63) is 0 Å². The largest absolute Gasteiger partial charge is 0.481 e. The molecule has 114 valence electrons. The van der Waals surface area contributed by atoms with Crippen molar-refractivity contribution in [3.8, 4) is 0 Å². The van der Waals surface area contributed by atoms with Crippen molar-refractivity contribution in [2.75, 3.05) is 6.54 Å². The molecule has 1 saturated carbocycles. The Hall–Kier alpha value is -1.79. The van der Waals surface area contributed by atoms with E-state index >= 15 is 0 Å². The Balaban J connectivity index is 2.35. The zero-order valence-electron chi connectivity index (χ0n) is 12.4. The molecule has 0 spiro atoms. The smallest absolute Gasteiger partial charge is 0.315 e. The predicted octanol–water partition coefficient (Wildman–Crippen LogP) is 0.454. The second-order valence-electron chi connectivity index (χ2n) is 6.37. The molecule has 0 heterocycles. The minimum atomic E-state index is -0.892. The van der Waals surface area contributed by atoms with Crippen molar-refractivity contribution in [2.24, 2.45) is 5.41 Å². The van der Waals surface area contributed by atoms with Crippen LogP contribution in [0.4, 0.5) is 4.79 Å². The minimum Gasteiger partial charge on any atom is -0.481 e. The van der Waals surface area contributed by atoms with Crippen molar-refractivity contribution in [1.29, 1.82) is 0 Å². The van der Waals surface area contributed by atoms with Gasteiger partial charge in [-0.25, -0.2) is 4.79 Å². The summed E-state index contributed by atoms with van der Waals surface area (Å²) in [5.41, 5.74) is -1.18. The fraction of sp³-hybridized carbons (Fsp3) is 0.769. The lowest BCUT2D eigenvalue weighted by molar-refractivity contribution is -0.143. The van der Waals surface area contributed by atoms with Gasteiger partial charge in [-0.1, -0.05) is 0 Å². The predicted molar refractivity (Wildman–Crippen MR) is 73.2 cm³/mol. The minimum absolute atomic E-state index is 0.0851. The number of carbonyl (C=O) groups is 3. The van der Waals surface area contributed by atoms with Crippen LogP contribution in [0.3, 0.4) is 0 Å². The molecule has 20 heavy (non-hydrogen) atoms. The van der Waals surface area contributed by atoms with E-state index in [4.69, 9.17) is 5.11 Å². The summed E-state index contributed by atoms with van der Waals surface area (Å²) in [6.07, 6.45) is 1.14. The molecule has 7 nitrogen and oxygen atoms in total. The molecule has 1 unspecified atom stereocenters. The molecule has 1 rings (SSSR count). The molecular weight excluding hydrogens is 262 g/mol. The fourth-order valence-corrected chi connectivity index (χ4v) is 1.66. The Kier molecular flexibility index (Phi) is 4.62. The van der Waals surface area contributed by atoms with Crippen molar-refractivity contribution >= 4 is 17.9 Å². The quantitative estimate of drug-likeness (QED) is 0.588. The molecule has 0 aromatic rings. The first-order valence-electron chi connectivity index (χ1n) is 6.65. The zero-order chi connectivity index (χ0) is 15.6. The topological polar surface area (TPSA) is 108 Å². The number of aliphatic carboxylic acids is 1. The Bertz CT molecular complexity index is 410. The van der Waals surface area contributed by atoms with Gasteiger partial charge in [0, 0.05) is 12.1 Å². The molecule has 0 bridgehead atoms. The van der Waals surface area contributed by atoms with Gasteiger partial charge < -0.3 is 21.1 Å². The van der Waals surface area contributed by atoms with Gasteiger partial charge >= 0.3 is 12.0 Å². The Labute approximate surface area is 118 Å². The van der Waals surface area contributed by atoms with Crippen LogP contribution in [-0.2, 0) is 9.59 Å². The molecule has 0 radical (unpaired) electrons. The molecular formula is C13H23N3O4. The van der Waals surface area contributed by atoms with Gasteiger partial charge in [0.15, 0.2) is 0 Å². The summed E-state index contributed by atoms with van der Waals surface area (Å²) in [6.45, 7) is 7.21. The first-order valence-corrected chi connectivity index (χ1v) is 6.65. The Morgan fingerprint density at radius 1 is 1.25 bits per heavy atom. The van der Waals surface area contributed by atoms with Gasteiger partial charge in [0.25, 0.3) is 0 Å². The van der Waals surface area contributed by atoms with Crippen LogP contribution in [-0.4, -0.2) is 41.1 Å². The maximum atomic E-state index is 11.8. The Morgan fingerprint density at radius 2 is 1.80 bits per heavy atom. The summed E-state index contributed by atoms with van der Waals surface area (Å²) in [4.78, 5) is 34.3. The number of amides is 3. The maximum Gasteiger partial charge on any atom is 0.315 e. The van der Waals surface area contributed by atoms with E-state index in [1.54, 1.807) is 6.92 Å². The molecule has 0 aromatic heterocycles. The standard InChI is InChI=1S/C13H23N3O4/c1-8(9(17)16-12(2,3)4)15-11(20)14-7-13(5-6-13)10(18)19/h8H,5-7H2,1-4H3,(H,16,17)(H,18,19)(H2,14,15,20). The first kappa shape index (κ1) is 16.3. The summed E-state index contributed by atoms with van der Waals surface area (Å²) >= 11 is 0. The van der Waals surface area contributed by atoms with Gasteiger partial charge in [-0.15, -0.1) is 0 Å². The summed E-state index contributed by atoms with van der Waals surface area (Å²) in [6, 6.07) is -1.22. The molecule has 4 N–H and O–H groups in total. The van der Waals surface area contributed by atoms with E-state index in [0.29, 0.717) is 12.8 Å². The highest BCUT2D eigenvalue weighted by molar-refractivity contribution is 5.87. The van der Waals surface area contributed by atoms with Gasteiger partial charge in [0.2, 0.25) is 5.91 Å². The SMILES string of the molecule is CC(NC(=O)NCC1(C(=O)O)CC1)C(=O)NC(C)(C)C. The number of urea groups is 1. The van der Waals surface area contributed by atoms with E-state index in [1.165, 1.54) is 0 Å². The van der Waals surface area contributed by atoms with E-state index in [2.05, 4.69) is 16.0 Å². The Morgan fingerprint density at radius 3 is 2.20 bits per heavy atom. The number of rotatable bonds is 5. The number of hydrogen-bond acceptors (Lipinski definition) is 3. The fourth-order valence-electron chi connectivity index (χ4n) is 1.66. The normalized spacial score (nSPS) is 17.8. The zero-order valence-corrected chi connectivity index (χ0v) is 12.4. The first-order chi connectivity index (χ1) is 9.06. The maximum absolute atomic E-state index is 11.8. The molecule has 3 amide bonds. The van der Waals surface area contributed by atoms with Crippen LogP contribution >= 0.6 is 0 Å². The van der Waals surface area contributed by atoms with Crippen LogP contribution in [0.15, 0.2) is 0 Å². The molecule has 1 atom stereocenters. The highest BCUT2D eigenvalue weighted by atomic mass is 16.4. The molecule has 1 fully saturated rings. The van der Waals surface area contributed by atoms with Gasteiger partial charge in [-0.3, -0.25) is 9.59 Å². The van der Waals surface area contributed by atoms with Crippen LogP contribution in [0.5, 0.6) is 0 Å². The summed E-state index contributed by atoms with van der Waals surface area (Å²) in [7, 11) is 0. The number of carbonyl (C=O) groups excluding carboxylic acids is 2. The lowest BCUT2D eigenvalue weighted by Gasteiger charge is -2.24. The van der Waals surface area contributed by atoms with E-state index in [0.717, 1.165) is 0 Å². The van der Waals surface area contributed by atoms with Crippen LogP contribution in [0, 0.1) is 5.41 Å². The molecule has 0 aromatic carbocycles. The number of carboxylic acids is 1. The van der Waals surface area contributed by atoms with Crippen LogP contribution in [0.1, 0.15) is 40.5 Å². The molecule has 7 heteroatoms. The van der Waals surface area contributed by atoms with E-state index < -0.39 is 23.5 Å². The molecule has 1 aliphatic carbocycles. The summed E-state index contributed by atoms with van der Waals surface area (Å²) < 4.78 is 0. The second kappa shape index (κ2) is 5.68. The monoisotopic (exact) mass is 285 g/mol. The van der Waals surface area contributed by atoms with E-state index in [1.807, 2.05) is 20.8 Å². The highest BCUT2D eigenvalue weighted by Crippen LogP contribution is 2.45. The van der Waals surface area contributed by atoms with Gasteiger partial charge in [0.05, 0.1) is 5.41 Å². The van der Waals surface area contributed by atoms with Crippen LogP contribution < -0.4 is 16.0 Å². The average Bonchev–Trinajstić information content (AvgIpc) is 3.04. The van der Waals surface area contributed by atoms with Gasteiger partial charge in [-0.2, -0.15) is 0 Å².